The third-order valence-corrected chi connectivity index (χ3v) is 6.14. The molecule has 8 heteroatoms. The number of benzene rings is 1. The monoisotopic (exact) mass is 444 g/mol. The fourth-order valence-electron chi connectivity index (χ4n) is 3.13. The standard InChI is InChI=1S/C21H18Cl2N4OS/c22-16-9-15(8-14-2-4-24-5-3-14)10-17(11-16)26-21(28)18-12-20(25-13-19(18)23)27-6-1-7-29-27/h2-5,9-13H,1,6-8H2,(H,26,28). The van der Waals surface area contributed by atoms with E-state index in [-0.39, 0.29) is 5.91 Å². The third kappa shape index (κ3) is 5.01. The van der Waals surface area contributed by atoms with Crippen molar-refractivity contribution in [3.63, 3.8) is 0 Å². The molecule has 0 atom stereocenters. The van der Waals surface area contributed by atoms with Crippen molar-refractivity contribution in [3.05, 3.63) is 81.7 Å². The van der Waals surface area contributed by atoms with Crippen molar-refractivity contribution in [2.24, 2.45) is 0 Å². The number of amides is 1. The number of carbonyl (C=O) groups excluding carboxylic acids is 1. The van der Waals surface area contributed by atoms with Crippen LogP contribution in [0.25, 0.3) is 0 Å². The second kappa shape index (κ2) is 9.03. The molecule has 2 aromatic heterocycles. The summed E-state index contributed by atoms with van der Waals surface area (Å²) in [6.07, 6.45) is 6.82. The van der Waals surface area contributed by atoms with Gasteiger partial charge in [0.2, 0.25) is 0 Å². The molecule has 0 spiro atoms. The highest BCUT2D eigenvalue weighted by Gasteiger charge is 2.19. The molecule has 1 aliphatic heterocycles. The van der Waals surface area contributed by atoms with Gasteiger partial charge in [0.15, 0.2) is 0 Å². The summed E-state index contributed by atoms with van der Waals surface area (Å²) in [6, 6.07) is 11.2. The van der Waals surface area contributed by atoms with E-state index in [1.165, 1.54) is 6.20 Å². The van der Waals surface area contributed by atoms with E-state index in [0.717, 1.165) is 35.7 Å². The maximum absolute atomic E-state index is 12.9. The first-order chi connectivity index (χ1) is 14.1. The molecule has 0 radical (unpaired) electrons. The number of nitrogens with one attached hydrogen (secondary N) is 1. The number of anilines is 2. The number of aromatic nitrogens is 2. The molecule has 3 heterocycles. The highest BCUT2D eigenvalue weighted by molar-refractivity contribution is 8.00. The molecule has 148 valence electrons. The molecule has 1 amide bonds. The number of carbonyl (C=O) groups is 1. The number of halogens is 2. The first-order valence-corrected chi connectivity index (χ1v) is 10.8. The van der Waals surface area contributed by atoms with Gasteiger partial charge in [-0.25, -0.2) is 4.98 Å². The van der Waals surface area contributed by atoms with E-state index >= 15 is 0 Å². The Labute approximate surface area is 183 Å². The van der Waals surface area contributed by atoms with Gasteiger partial charge in [0.25, 0.3) is 5.91 Å². The molecule has 1 saturated heterocycles. The van der Waals surface area contributed by atoms with Crippen molar-refractivity contribution in [1.82, 2.24) is 9.97 Å². The van der Waals surface area contributed by atoms with Crippen LogP contribution in [0.4, 0.5) is 11.5 Å². The predicted molar refractivity (Wildman–Crippen MR) is 120 cm³/mol. The molecular weight excluding hydrogens is 427 g/mol. The molecule has 0 bridgehead atoms. The second-order valence-corrected chi connectivity index (χ2v) is 8.60. The van der Waals surface area contributed by atoms with Gasteiger partial charge in [-0.2, -0.15) is 0 Å². The molecule has 0 unspecified atom stereocenters. The average molecular weight is 445 g/mol. The SMILES string of the molecule is O=C(Nc1cc(Cl)cc(Cc2ccncc2)c1)c1cc(N2CCCS2)ncc1Cl. The third-order valence-electron chi connectivity index (χ3n) is 4.47. The van der Waals surface area contributed by atoms with Crippen LogP contribution in [0.1, 0.15) is 27.9 Å². The van der Waals surface area contributed by atoms with Gasteiger partial charge in [-0.3, -0.25) is 9.78 Å². The number of hydrogen-bond donors (Lipinski definition) is 1. The zero-order chi connectivity index (χ0) is 20.2. The Hall–Kier alpha value is -2.28. The van der Waals surface area contributed by atoms with Crippen LogP contribution in [-0.4, -0.2) is 28.2 Å². The van der Waals surface area contributed by atoms with Crippen LogP contribution < -0.4 is 9.62 Å². The van der Waals surface area contributed by atoms with E-state index in [1.54, 1.807) is 36.5 Å². The molecule has 1 N–H and O–H groups in total. The molecule has 1 aromatic carbocycles. The van der Waals surface area contributed by atoms with Crippen LogP contribution in [0.5, 0.6) is 0 Å². The van der Waals surface area contributed by atoms with E-state index in [2.05, 4.69) is 19.6 Å². The Kier molecular flexibility index (Phi) is 6.23. The van der Waals surface area contributed by atoms with E-state index in [0.29, 0.717) is 27.7 Å². The van der Waals surface area contributed by atoms with Gasteiger partial charge in [-0.1, -0.05) is 23.2 Å². The Morgan fingerprint density at radius 3 is 2.72 bits per heavy atom. The van der Waals surface area contributed by atoms with Crippen LogP contribution in [0.2, 0.25) is 10.0 Å². The minimum absolute atomic E-state index is 0.292. The van der Waals surface area contributed by atoms with Crippen molar-refractivity contribution < 1.29 is 4.79 Å². The van der Waals surface area contributed by atoms with Gasteiger partial charge in [0.05, 0.1) is 10.6 Å². The summed E-state index contributed by atoms with van der Waals surface area (Å²) >= 11 is 14.2. The molecular formula is C21H18Cl2N4OS. The summed E-state index contributed by atoms with van der Waals surface area (Å²) in [4.78, 5) is 21.3. The minimum Gasteiger partial charge on any atom is -0.322 e. The topological polar surface area (TPSA) is 58.1 Å². The summed E-state index contributed by atoms with van der Waals surface area (Å²) in [6.45, 7) is 0.910. The molecule has 1 fully saturated rings. The number of pyridine rings is 2. The fraction of sp³-hybridized carbons (Fsp3) is 0.190. The molecule has 0 aliphatic carbocycles. The molecule has 29 heavy (non-hydrogen) atoms. The Bertz CT molecular complexity index is 1030. The minimum atomic E-state index is -0.292. The fourth-order valence-corrected chi connectivity index (χ4v) is 4.54. The van der Waals surface area contributed by atoms with Gasteiger partial charge in [-0.05, 0) is 72.3 Å². The first kappa shape index (κ1) is 20.0. The number of rotatable bonds is 5. The summed E-state index contributed by atoms with van der Waals surface area (Å²) < 4.78 is 2.08. The van der Waals surface area contributed by atoms with Crippen molar-refractivity contribution in [2.75, 3.05) is 21.9 Å². The highest BCUT2D eigenvalue weighted by Crippen LogP contribution is 2.30. The molecule has 1 aliphatic rings. The lowest BCUT2D eigenvalue weighted by molar-refractivity contribution is 0.102. The van der Waals surface area contributed by atoms with E-state index in [4.69, 9.17) is 23.2 Å². The van der Waals surface area contributed by atoms with Crippen LogP contribution >= 0.6 is 35.1 Å². The largest absolute Gasteiger partial charge is 0.322 e. The van der Waals surface area contributed by atoms with Gasteiger partial charge in [-0.15, -0.1) is 0 Å². The van der Waals surface area contributed by atoms with Gasteiger partial charge < -0.3 is 9.62 Å². The van der Waals surface area contributed by atoms with Crippen LogP contribution in [0.3, 0.4) is 0 Å². The van der Waals surface area contributed by atoms with E-state index < -0.39 is 0 Å². The van der Waals surface area contributed by atoms with Crippen LogP contribution in [-0.2, 0) is 6.42 Å². The van der Waals surface area contributed by atoms with Gasteiger partial charge in [0.1, 0.15) is 5.82 Å². The molecule has 0 saturated carbocycles. The summed E-state index contributed by atoms with van der Waals surface area (Å²) in [5, 5.41) is 3.78. The van der Waals surface area contributed by atoms with Crippen LogP contribution in [0.15, 0.2) is 55.0 Å². The highest BCUT2D eigenvalue weighted by atomic mass is 35.5. The molecule has 3 aromatic rings. The zero-order valence-electron chi connectivity index (χ0n) is 15.4. The average Bonchev–Trinajstić information content (AvgIpc) is 3.23. The molecule has 4 rings (SSSR count). The maximum atomic E-state index is 12.9. The summed E-state index contributed by atoms with van der Waals surface area (Å²) in [5.74, 6) is 1.50. The van der Waals surface area contributed by atoms with Crippen LogP contribution in [0, 0.1) is 0 Å². The molecule has 5 nitrogen and oxygen atoms in total. The lowest BCUT2D eigenvalue weighted by atomic mass is 10.1. The lowest BCUT2D eigenvalue weighted by Gasteiger charge is -2.16. The number of hydrogen-bond acceptors (Lipinski definition) is 5. The maximum Gasteiger partial charge on any atom is 0.257 e. The van der Waals surface area contributed by atoms with E-state index in [9.17, 15) is 4.79 Å². The quantitative estimate of drug-likeness (QED) is 0.527. The van der Waals surface area contributed by atoms with Crippen molar-refractivity contribution >= 4 is 52.6 Å². The van der Waals surface area contributed by atoms with Crippen molar-refractivity contribution in [2.45, 2.75) is 12.8 Å². The normalized spacial score (nSPS) is 13.5. The van der Waals surface area contributed by atoms with Crippen molar-refractivity contribution in [1.29, 1.82) is 0 Å². The summed E-state index contributed by atoms with van der Waals surface area (Å²) in [7, 11) is 0. The number of nitrogens with zero attached hydrogens (tertiary/aromatic N) is 3. The Morgan fingerprint density at radius 1 is 1.14 bits per heavy atom. The van der Waals surface area contributed by atoms with Gasteiger partial charge >= 0.3 is 0 Å². The van der Waals surface area contributed by atoms with E-state index in [1.807, 2.05) is 24.3 Å². The summed E-state index contributed by atoms with van der Waals surface area (Å²) in [5.41, 5.74) is 3.12. The predicted octanol–water partition coefficient (Wildman–Crippen LogP) is 5.48. The zero-order valence-corrected chi connectivity index (χ0v) is 17.8. The van der Waals surface area contributed by atoms with Crippen molar-refractivity contribution in [3.8, 4) is 0 Å². The Morgan fingerprint density at radius 2 is 1.97 bits per heavy atom. The second-order valence-electron chi connectivity index (χ2n) is 6.65. The van der Waals surface area contributed by atoms with Gasteiger partial charge in [0, 0.05) is 41.6 Å². The Balaban J connectivity index is 1.54. The smallest absolute Gasteiger partial charge is 0.257 e. The first-order valence-electron chi connectivity index (χ1n) is 9.14. The lowest BCUT2D eigenvalue weighted by Crippen LogP contribution is -2.16.